The van der Waals surface area contributed by atoms with Crippen molar-refractivity contribution in [1.82, 2.24) is 0 Å². The van der Waals surface area contributed by atoms with Crippen molar-refractivity contribution in [1.29, 1.82) is 0 Å². The molecule has 0 aliphatic heterocycles. The molecule has 0 N–H and O–H groups in total. The standard InChI is InChI=1S/C18H20ClF3O2/c1-10-6-5-7-12(11(10)2)9-24-16(23)15-13(17(15,3)4)8-14(19)18(20,21)22/h5-8,13,15H,9H2,1-4H3. The third-order valence-electron chi connectivity index (χ3n) is 4.85. The summed E-state index contributed by atoms with van der Waals surface area (Å²) in [6.45, 7) is 7.48. The van der Waals surface area contributed by atoms with Crippen molar-refractivity contribution in [2.75, 3.05) is 0 Å². The molecule has 1 aromatic carbocycles. The second kappa shape index (κ2) is 6.43. The molecular weight excluding hydrogens is 341 g/mol. The summed E-state index contributed by atoms with van der Waals surface area (Å²) in [7, 11) is 0. The van der Waals surface area contributed by atoms with Crippen molar-refractivity contribution in [2.45, 2.75) is 40.5 Å². The molecule has 1 fully saturated rings. The van der Waals surface area contributed by atoms with Gasteiger partial charge in [0.15, 0.2) is 0 Å². The second-order valence-corrected chi connectivity index (χ2v) is 7.21. The van der Waals surface area contributed by atoms with E-state index in [1.54, 1.807) is 13.8 Å². The quantitative estimate of drug-likeness (QED) is 0.681. The lowest BCUT2D eigenvalue weighted by Gasteiger charge is -2.10. The molecule has 6 heteroatoms. The number of aryl methyl sites for hydroxylation is 1. The molecule has 1 aromatic rings. The van der Waals surface area contributed by atoms with Crippen LogP contribution in [0.15, 0.2) is 29.3 Å². The Labute approximate surface area is 144 Å². The van der Waals surface area contributed by atoms with Crippen molar-refractivity contribution in [2.24, 2.45) is 17.3 Å². The number of carbonyl (C=O) groups excluding carboxylic acids is 1. The van der Waals surface area contributed by atoms with E-state index in [2.05, 4.69) is 0 Å². The minimum atomic E-state index is -4.59. The van der Waals surface area contributed by atoms with Gasteiger partial charge in [0.2, 0.25) is 0 Å². The summed E-state index contributed by atoms with van der Waals surface area (Å²) >= 11 is 5.28. The lowest BCUT2D eigenvalue weighted by atomic mass is 10.0. The summed E-state index contributed by atoms with van der Waals surface area (Å²) in [5.74, 6) is -1.68. The van der Waals surface area contributed by atoms with Crippen LogP contribution in [0.25, 0.3) is 0 Å². The zero-order chi connectivity index (χ0) is 18.3. The fourth-order valence-electron chi connectivity index (χ4n) is 2.90. The molecule has 2 unspecified atom stereocenters. The predicted octanol–water partition coefficient (Wildman–Crippen LogP) is 5.30. The van der Waals surface area contributed by atoms with Crippen LogP contribution in [0.2, 0.25) is 0 Å². The summed E-state index contributed by atoms with van der Waals surface area (Å²) in [6, 6.07) is 5.71. The maximum atomic E-state index is 12.6. The Morgan fingerprint density at radius 1 is 1.33 bits per heavy atom. The maximum Gasteiger partial charge on any atom is 0.426 e. The van der Waals surface area contributed by atoms with Gasteiger partial charge >= 0.3 is 12.1 Å². The molecule has 132 valence electrons. The first-order chi connectivity index (χ1) is 11.0. The van der Waals surface area contributed by atoms with Crippen LogP contribution in [0, 0.1) is 31.1 Å². The van der Waals surface area contributed by atoms with Crippen LogP contribution in [-0.4, -0.2) is 12.1 Å². The number of halogens is 4. The van der Waals surface area contributed by atoms with Gasteiger partial charge in [-0.2, -0.15) is 13.2 Å². The number of benzene rings is 1. The molecule has 0 spiro atoms. The summed E-state index contributed by atoms with van der Waals surface area (Å²) in [6.07, 6.45) is -3.67. The molecule has 2 nitrogen and oxygen atoms in total. The van der Waals surface area contributed by atoms with E-state index in [-0.39, 0.29) is 6.61 Å². The molecule has 0 aromatic heterocycles. The first kappa shape index (κ1) is 18.8. The molecule has 1 saturated carbocycles. The highest BCUT2D eigenvalue weighted by Gasteiger charge is 2.62. The third kappa shape index (κ3) is 3.77. The summed E-state index contributed by atoms with van der Waals surface area (Å²) in [4.78, 5) is 12.3. The molecule has 24 heavy (non-hydrogen) atoms. The van der Waals surface area contributed by atoms with E-state index >= 15 is 0 Å². The van der Waals surface area contributed by atoms with Gasteiger partial charge in [-0.05, 0) is 41.9 Å². The van der Waals surface area contributed by atoms with Crippen molar-refractivity contribution >= 4 is 17.6 Å². The largest absolute Gasteiger partial charge is 0.461 e. The van der Waals surface area contributed by atoms with Gasteiger partial charge in [0.1, 0.15) is 11.6 Å². The summed E-state index contributed by atoms with van der Waals surface area (Å²) in [5.41, 5.74) is 2.43. The lowest BCUT2D eigenvalue weighted by Crippen LogP contribution is -2.11. The van der Waals surface area contributed by atoms with Gasteiger partial charge in [-0.25, -0.2) is 0 Å². The van der Waals surface area contributed by atoms with Crippen molar-refractivity contribution in [3.63, 3.8) is 0 Å². The summed E-state index contributed by atoms with van der Waals surface area (Å²) < 4.78 is 43.0. The lowest BCUT2D eigenvalue weighted by molar-refractivity contribution is -0.147. The molecule has 2 atom stereocenters. The number of esters is 1. The Balaban J connectivity index is 2.04. The van der Waals surface area contributed by atoms with Crippen molar-refractivity contribution in [3.8, 4) is 0 Å². The molecule has 0 bridgehead atoms. The number of alkyl halides is 3. The first-order valence-electron chi connectivity index (χ1n) is 7.62. The smallest absolute Gasteiger partial charge is 0.426 e. The molecule has 1 aliphatic carbocycles. The highest BCUT2D eigenvalue weighted by Crippen LogP contribution is 2.60. The van der Waals surface area contributed by atoms with Crippen LogP contribution in [-0.2, 0) is 16.1 Å². The van der Waals surface area contributed by atoms with Crippen LogP contribution in [0.4, 0.5) is 13.2 Å². The number of carbonyl (C=O) groups is 1. The number of ether oxygens (including phenoxy) is 1. The topological polar surface area (TPSA) is 26.3 Å². The monoisotopic (exact) mass is 360 g/mol. The van der Waals surface area contributed by atoms with E-state index in [1.165, 1.54) is 0 Å². The van der Waals surface area contributed by atoms with E-state index in [4.69, 9.17) is 16.3 Å². The molecule has 0 heterocycles. The average molecular weight is 361 g/mol. The van der Waals surface area contributed by atoms with Gasteiger partial charge in [0.05, 0.1) is 5.92 Å². The van der Waals surface area contributed by atoms with Gasteiger partial charge in [0, 0.05) is 0 Å². The second-order valence-electron chi connectivity index (χ2n) is 6.80. The van der Waals surface area contributed by atoms with Crippen LogP contribution in [0.3, 0.4) is 0 Å². The van der Waals surface area contributed by atoms with Gasteiger partial charge in [-0.1, -0.05) is 49.7 Å². The van der Waals surface area contributed by atoms with E-state index in [0.717, 1.165) is 22.8 Å². The Morgan fingerprint density at radius 3 is 2.54 bits per heavy atom. The minimum Gasteiger partial charge on any atom is -0.461 e. The van der Waals surface area contributed by atoms with Crippen molar-refractivity contribution < 1.29 is 22.7 Å². The molecule has 1 aliphatic rings. The Bertz CT molecular complexity index is 677. The maximum absolute atomic E-state index is 12.6. The molecule has 0 radical (unpaired) electrons. The zero-order valence-corrected chi connectivity index (χ0v) is 14.8. The van der Waals surface area contributed by atoms with Crippen LogP contribution in [0.5, 0.6) is 0 Å². The average Bonchev–Trinajstić information content (AvgIpc) is 3.00. The van der Waals surface area contributed by atoms with E-state index in [0.29, 0.717) is 0 Å². The van der Waals surface area contributed by atoms with Crippen LogP contribution >= 0.6 is 11.6 Å². The first-order valence-corrected chi connectivity index (χ1v) is 8.00. The normalized spacial score (nSPS) is 23.1. The van der Waals surface area contributed by atoms with Gasteiger partial charge in [-0.15, -0.1) is 0 Å². The van der Waals surface area contributed by atoms with Crippen molar-refractivity contribution in [3.05, 3.63) is 46.0 Å². The molecular formula is C18H20ClF3O2. The van der Waals surface area contributed by atoms with E-state index in [1.807, 2.05) is 32.0 Å². The number of hydrogen-bond donors (Lipinski definition) is 0. The molecule has 0 saturated heterocycles. The Kier molecular flexibility index (Phi) is 5.05. The Hall–Kier alpha value is -1.49. The third-order valence-corrected chi connectivity index (χ3v) is 5.19. The van der Waals surface area contributed by atoms with Crippen LogP contribution < -0.4 is 0 Å². The summed E-state index contributed by atoms with van der Waals surface area (Å²) in [5, 5.41) is -1.19. The van der Waals surface area contributed by atoms with E-state index in [9.17, 15) is 18.0 Å². The highest BCUT2D eigenvalue weighted by molar-refractivity contribution is 6.30. The van der Waals surface area contributed by atoms with Gasteiger partial charge in [-0.3, -0.25) is 4.79 Å². The van der Waals surface area contributed by atoms with Gasteiger partial charge < -0.3 is 4.74 Å². The van der Waals surface area contributed by atoms with E-state index < -0.39 is 34.4 Å². The minimum absolute atomic E-state index is 0.113. The number of rotatable bonds is 4. The molecule has 0 amide bonds. The molecule has 2 rings (SSSR count). The Morgan fingerprint density at radius 2 is 1.96 bits per heavy atom. The van der Waals surface area contributed by atoms with Gasteiger partial charge in [0.25, 0.3) is 0 Å². The predicted molar refractivity (Wildman–Crippen MR) is 86.5 cm³/mol. The van der Waals surface area contributed by atoms with Crippen LogP contribution in [0.1, 0.15) is 30.5 Å². The zero-order valence-electron chi connectivity index (χ0n) is 14.0. The highest BCUT2D eigenvalue weighted by atomic mass is 35.5. The number of hydrogen-bond acceptors (Lipinski definition) is 2. The fraction of sp³-hybridized carbons (Fsp3) is 0.500. The SMILES string of the molecule is Cc1cccc(COC(=O)C2C(C=C(Cl)C(F)(F)F)C2(C)C)c1C. The number of allylic oxidation sites excluding steroid dienone is 2. The fourth-order valence-corrected chi connectivity index (χ4v) is 3.03.